The molecule has 80 valence electrons. The number of ether oxygens (including phenoxy) is 1. The second-order valence-corrected chi connectivity index (χ2v) is 4.23. The largest absolute Gasteiger partial charge is 0.450 e. The van der Waals surface area contributed by atoms with Gasteiger partial charge in [-0.3, -0.25) is 0 Å². The van der Waals surface area contributed by atoms with E-state index in [4.69, 9.17) is 4.74 Å². The van der Waals surface area contributed by atoms with Crippen molar-refractivity contribution in [3.63, 3.8) is 0 Å². The fourth-order valence-electron chi connectivity index (χ4n) is 0.843. The SMILES string of the molecule is CNCC(C)C#CC(=O)OC(C)(C)C. The summed E-state index contributed by atoms with van der Waals surface area (Å²) >= 11 is 0. The van der Waals surface area contributed by atoms with E-state index in [1.807, 2.05) is 34.7 Å². The highest BCUT2D eigenvalue weighted by atomic mass is 16.6. The lowest BCUT2D eigenvalue weighted by Gasteiger charge is -2.17. The van der Waals surface area contributed by atoms with Crippen LogP contribution in [-0.2, 0) is 9.53 Å². The lowest BCUT2D eigenvalue weighted by molar-refractivity contribution is -0.147. The summed E-state index contributed by atoms with van der Waals surface area (Å²) in [5.74, 6) is 4.99. The Balaban J connectivity index is 4.04. The predicted octanol–water partition coefficient (Wildman–Crippen LogP) is 1.19. The Kier molecular flexibility index (Phi) is 5.26. The summed E-state index contributed by atoms with van der Waals surface area (Å²) < 4.78 is 5.03. The molecule has 0 radical (unpaired) electrons. The third kappa shape index (κ3) is 7.63. The van der Waals surface area contributed by atoms with Crippen LogP contribution in [0.5, 0.6) is 0 Å². The van der Waals surface area contributed by atoms with Crippen molar-refractivity contribution in [1.29, 1.82) is 0 Å². The monoisotopic (exact) mass is 197 g/mol. The first-order valence-corrected chi connectivity index (χ1v) is 4.74. The molecule has 0 aliphatic heterocycles. The van der Waals surface area contributed by atoms with Gasteiger partial charge < -0.3 is 10.1 Å². The van der Waals surface area contributed by atoms with Gasteiger partial charge in [0.15, 0.2) is 0 Å². The molecule has 0 amide bonds. The van der Waals surface area contributed by atoms with Gasteiger partial charge in [0, 0.05) is 18.4 Å². The van der Waals surface area contributed by atoms with Crippen molar-refractivity contribution in [1.82, 2.24) is 5.32 Å². The van der Waals surface area contributed by atoms with E-state index < -0.39 is 11.6 Å². The summed E-state index contributed by atoms with van der Waals surface area (Å²) in [6.45, 7) is 8.19. The molecule has 0 rings (SSSR count). The van der Waals surface area contributed by atoms with Crippen LogP contribution in [-0.4, -0.2) is 25.2 Å². The normalized spacial score (nSPS) is 12.6. The molecule has 0 heterocycles. The van der Waals surface area contributed by atoms with E-state index >= 15 is 0 Å². The summed E-state index contributed by atoms with van der Waals surface area (Å²) in [6, 6.07) is 0. The van der Waals surface area contributed by atoms with Gasteiger partial charge in [0.25, 0.3) is 0 Å². The van der Waals surface area contributed by atoms with Crippen molar-refractivity contribution in [2.24, 2.45) is 5.92 Å². The van der Waals surface area contributed by atoms with Crippen LogP contribution < -0.4 is 5.32 Å². The topological polar surface area (TPSA) is 38.3 Å². The smallest absolute Gasteiger partial charge is 0.384 e. The first kappa shape index (κ1) is 13.0. The molecule has 14 heavy (non-hydrogen) atoms. The minimum atomic E-state index is -0.460. The Morgan fingerprint density at radius 3 is 2.50 bits per heavy atom. The molecule has 0 bridgehead atoms. The summed E-state index contributed by atoms with van der Waals surface area (Å²) in [4.78, 5) is 11.2. The van der Waals surface area contributed by atoms with Crippen molar-refractivity contribution in [2.75, 3.05) is 13.6 Å². The molecule has 0 aromatic heterocycles. The van der Waals surface area contributed by atoms with Crippen molar-refractivity contribution >= 4 is 5.97 Å². The molecule has 0 spiro atoms. The first-order valence-electron chi connectivity index (χ1n) is 4.74. The van der Waals surface area contributed by atoms with Crippen molar-refractivity contribution < 1.29 is 9.53 Å². The fourth-order valence-corrected chi connectivity index (χ4v) is 0.843. The number of rotatable bonds is 2. The third-order valence-electron chi connectivity index (χ3n) is 1.33. The molecule has 0 aromatic rings. The first-order chi connectivity index (χ1) is 6.35. The van der Waals surface area contributed by atoms with Gasteiger partial charge >= 0.3 is 5.97 Å². The number of esters is 1. The maximum atomic E-state index is 11.2. The highest BCUT2D eigenvalue weighted by molar-refractivity contribution is 5.88. The van der Waals surface area contributed by atoms with Gasteiger partial charge in [-0.05, 0) is 27.8 Å². The molecule has 0 aliphatic carbocycles. The van der Waals surface area contributed by atoms with Gasteiger partial charge in [-0.2, -0.15) is 0 Å². The van der Waals surface area contributed by atoms with Crippen molar-refractivity contribution in [3.8, 4) is 11.8 Å². The Morgan fingerprint density at radius 2 is 2.07 bits per heavy atom. The average Bonchev–Trinajstić information content (AvgIpc) is 1.98. The molecule has 3 nitrogen and oxygen atoms in total. The zero-order valence-corrected chi connectivity index (χ0v) is 9.60. The van der Waals surface area contributed by atoms with E-state index in [1.165, 1.54) is 0 Å². The Labute approximate surface area is 86.2 Å². The lowest BCUT2D eigenvalue weighted by Crippen LogP contribution is -2.23. The van der Waals surface area contributed by atoms with Crippen LogP contribution in [0.4, 0.5) is 0 Å². The zero-order chi connectivity index (χ0) is 11.2. The van der Waals surface area contributed by atoms with E-state index in [-0.39, 0.29) is 5.92 Å². The molecular weight excluding hydrogens is 178 g/mol. The van der Waals surface area contributed by atoms with Crippen LogP contribution in [0.15, 0.2) is 0 Å². The summed E-state index contributed by atoms with van der Waals surface area (Å²) in [7, 11) is 1.85. The summed E-state index contributed by atoms with van der Waals surface area (Å²) in [6.07, 6.45) is 0. The third-order valence-corrected chi connectivity index (χ3v) is 1.33. The van der Waals surface area contributed by atoms with Crippen LogP contribution >= 0.6 is 0 Å². The Bertz CT molecular complexity index is 242. The van der Waals surface area contributed by atoms with Crippen LogP contribution in [0.1, 0.15) is 27.7 Å². The molecule has 0 saturated heterocycles. The fraction of sp³-hybridized carbons (Fsp3) is 0.727. The number of hydrogen-bond donors (Lipinski definition) is 1. The quantitative estimate of drug-likeness (QED) is 0.410. The maximum Gasteiger partial charge on any atom is 0.384 e. The van der Waals surface area contributed by atoms with Gasteiger partial charge in [-0.25, -0.2) is 4.79 Å². The number of hydrogen-bond acceptors (Lipinski definition) is 3. The van der Waals surface area contributed by atoms with Crippen LogP contribution in [0.25, 0.3) is 0 Å². The number of carbonyl (C=O) groups is 1. The van der Waals surface area contributed by atoms with Gasteiger partial charge in [-0.1, -0.05) is 12.8 Å². The minimum Gasteiger partial charge on any atom is -0.450 e. The number of carbonyl (C=O) groups excluding carboxylic acids is 1. The van der Waals surface area contributed by atoms with Crippen molar-refractivity contribution in [2.45, 2.75) is 33.3 Å². The van der Waals surface area contributed by atoms with E-state index in [9.17, 15) is 4.79 Å². The second kappa shape index (κ2) is 5.66. The zero-order valence-electron chi connectivity index (χ0n) is 9.60. The Morgan fingerprint density at radius 1 is 1.50 bits per heavy atom. The van der Waals surface area contributed by atoms with E-state index in [2.05, 4.69) is 17.2 Å². The molecule has 0 fully saturated rings. The standard InChI is InChI=1S/C11H19NO2/c1-9(8-12-5)6-7-10(13)14-11(2,3)4/h9,12H,8H2,1-5H3. The van der Waals surface area contributed by atoms with Crippen LogP contribution in [0, 0.1) is 17.8 Å². The summed E-state index contributed by atoms with van der Waals surface area (Å²) in [5, 5.41) is 2.98. The average molecular weight is 197 g/mol. The molecule has 1 N–H and O–H groups in total. The van der Waals surface area contributed by atoms with Gasteiger partial charge in [0.05, 0.1) is 0 Å². The maximum absolute atomic E-state index is 11.2. The molecule has 0 aromatic carbocycles. The van der Waals surface area contributed by atoms with E-state index in [1.54, 1.807) is 0 Å². The summed E-state index contributed by atoms with van der Waals surface area (Å²) in [5.41, 5.74) is -0.460. The molecule has 0 aliphatic rings. The van der Waals surface area contributed by atoms with E-state index in [0.717, 1.165) is 6.54 Å². The highest BCUT2D eigenvalue weighted by Gasteiger charge is 2.14. The second-order valence-electron chi connectivity index (χ2n) is 4.23. The predicted molar refractivity (Wildman–Crippen MR) is 56.7 cm³/mol. The number of nitrogens with one attached hydrogen (secondary N) is 1. The van der Waals surface area contributed by atoms with Gasteiger partial charge in [0.2, 0.25) is 0 Å². The van der Waals surface area contributed by atoms with Crippen LogP contribution in [0.2, 0.25) is 0 Å². The highest BCUT2D eigenvalue weighted by Crippen LogP contribution is 2.06. The van der Waals surface area contributed by atoms with Gasteiger partial charge in [-0.15, -0.1) is 0 Å². The van der Waals surface area contributed by atoms with E-state index in [0.29, 0.717) is 0 Å². The molecule has 0 saturated carbocycles. The lowest BCUT2D eigenvalue weighted by atomic mass is 10.2. The molecule has 1 atom stereocenters. The van der Waals surface area contributed by atoms with Crippen molar-refractivity contribution in [3.05, 3.63) is 0 Å². The Hall–Kier alpha value is -1.01. The molecule has 3 heteroatoms. The van der Waals surface area contributed by atoms with Gasteiger partial charge in [0.1, 0.15) is 5.60 Å². The molecule has 1 unspecified atom stereocenters. The minimum absolute atomic E-state index is 0.160. The van der Waals surface area contributed by atoms with Crippen LogP contribution in [0.3, 0.4) is 0 Å². The molecular formula is C11H19NO2.